The van der Waals surface area contributed by atoms with E-state index in [1.807, 2.05) is 13.0 Å². The van der Waals surface area contributed by atoms with Crippen molar-refractivity contribution in [2.24, 2.45) is 5.73 Å². The third-order valence-corrected chi connectivity index (χ3v) is 4.31. The van der Waals surface area contributed by atoms with Crippen LogP contribution in [0.25, 0.3) is 0 Å². The summed E-state index contributed by atoms with van der Waals surface area (Å²) < 4.78 is 16.9. The molecule has 132 valence electrons. The normalized spacial score (nSPS) is 17.0. The minimum absolute atomic E-state index is 0.0144. The first-order chi connectivity index (χ1) is 12.0. The van der Waals surface area contributed by atoms with Crippen molar-refractivity contribution in [1.82, 2.24) is 0 Å². The average Bonchev–Trinajstić information content (AvgIpc) is 2.60. The Hall–Kier alpha value is -2.46. The van der Waals surface area contributed by atoms with Crippen LogP contribution in [-0.2, 0) is 14.3 Å². The van der Waals surface area contributed by atoms with Crippen molar-refractivity contribution in [1.29, 1.82) is 5.26 Å². The quantitative estimate of drug-likeness (QED) is 0.751. The number of carbonyl (C=O) groups is 1. The summed E-state index contributed by atoms with van der Waals surface area (Å²) in [4.78, 5) is 12.6. The topological polar surface area (TPSA) is 94.6 Å². The van der Waals surface area contributed by atoms with E-state index in [9.17, 15) is 10.1 Å². The number of allylic oxidation sites excluding steroid dienone is 2. The lowest BCUT2D eigenvalue weighted by Crippen LogP contribution is -2.26. The molecule has 25 heavy (non-hydrogen) atoms. The number of methoxy groups -OCH3 is 1. The number of rotatable bonds is 5. The van der Waals surface area contributed by atoms with Crippen LogP contribution in [0.1, 0.15) is 31.7 Å². The number of esters is 1. The predicted molar refractivity (Wildman–Crippen MR) is 95.3 cm³/mol. The fraction of sp³-hybridized carbons (Fsp3) is 0.333. The molecule has 0 saturated carbocycles. The maximum Gasteiger partial charge on any atom is 0.338 e. The van der Waals surface area contributed by atoms with Gasteiger partial charge in [-0.05, 0) is 25.1 Å². The molecule has 6 nitrogen and oxygen atoms in total. The molecule has 1 aliphatic rings. The molecule has 0 aliphatic carbocycles. The van der Waals surface area contributed by atoms with E-state index in [0.717, 1.165) is 4.47 Å². The van der Waals surface area contributed by atoms with Gasteiger partial charge in [0.05, 0.1) is 25.2 Å². The van der Waals surface area contributed by atoms with E-state index in [1.54, 1.807) is 19.1 Å². The van der Waals surface area contributed by atoms with Crippen molar-refractivity contribution in [2.75, 3.05) is 13.7 Å². The van der Waals surface area contributed by atoms with Gasteiger partial charge in [0.15, 0.2) is 0 Å². The van der Waals surface area contributed by atoms with Crippen LogP contribution in [0, 0.1) is 11.3 Å². The number of halogens is 1. The van der Waals surface area contributed by atoms with Gasteiger partial charge in [-0.1, -0.05) is 22.9 Å². The molecule has 0 bridgehead atoms. The second-order valence-corrected chi connectivity index (χ2v) is 6.14. The molecule has 0 spiro atoms. The molecule has 1 atom stereocenters. The Kier molecular flexibility index (Phi) is 6.10. The molecule has 0 amide bonds. The fourth-order valence-electron chi connectivity index (χ4n) is 2.75. The molecule has 0 radical (unpaired) electrons. The van der Waals surface area contributed by atoms with Gasteiger partial charge in [-0.2, -0.15) is 5.26 Å². The number of nitrogens with two attached hydrogens (primary N) is 1. The van der Waals surface area contributed by atoms with Gasteiger partial charge in [0.25, 0.3) is 0 Å². The summed E-state index contributed by atoms with van der Waals surface area (Å²) in [5, 5.41) is 9.62. The second-order valence-electron chi connectivity index (χ2n) is 5.22. The van der Waals surface area contributed by atoms with Crippen molar-refractivity contribution in [2.45, 2.75) is 26.2 Å². The maximum absolute atomic E-state index is 12.6. The first-order valence-electron chi connectivity index (χ1n) is 7.79. The van der Waals surface area contributed by atoms with Crippen LogP contribution in [0.15, 0.2) is 45.5 Å². The van der Waals surface area contributed by atoms with E-state index in [4.69, 9.17) is 19.9 Å². The Morgan fingerprint density at radius 1 is 1.44 bits per heavy atom. The van der Waals surface area contributed by atoms with Crippen LogP contribution < -0.4 is 10.5 Å². The lowest BCUT2D eigenvalue weighted by molar-refractivity contribution is -0.139. The van der Waals surface area contributed by atoms with Crippen LogP contribution in [0.5, 0.6) is 5.75 Å². The van der Waals surface area contributed by atoms with Gasteiger partial charge >= 0.3 is 5.97 Å². The number of hydrogen-bond donors (Lipinski definition) is 1. The summed E-state index contributed by atoms with van der Waals surface area (Å²) >= 11 is 3.42. The average molecular weight is 407 g/mol. The molecule has 0 aromatic heterocycles. The van der Waals surface area contributed by atoms with Crippen LogP contribution in [0.4, 0.5) is 0 Å². The van der Waals surface area contributed by atoms with Crippen molar-refractivity contribution in [3.05, 3.63) is 51.0 Å². The molecule has 7 heteroatoms. The number of ether oxygens (including phenoxy) is 3. The minimum Gasteiger partial charge on any atom is -0.496 e. The third kappa shape index (κ3) is 3.64. The summed E-state index contributed by atoms with van der Waals surface area (Å²) in [6.07, 6.45) is 0.431. The monoisotopic (exact) mass is 406 g/mol. The summed E-state index contributed by atoms with van der Waals surface area (Å²) in [5.41, 5.74) is 7.00. The van der Waals surface area contributed by atoms with Gasteiger partial charge in [0.2, 0.25) is 5.88 Å². The van der Waals surface area contributed by atoms with Crippen molar-refractivity contribution in [3.8, 4) is 11.8 Å². The standard InChI is InChI=1S/C18H19BrN2O4/c1-4-13-16(18(22)24-5-2)15(12(9-20)17(21)25-13)11-8-10(19)6-7-14(11)23-3/h6-8,15H,4-5,21H2,1-3H3/t15-/m0/s1. The van der Waals surface area contributed by atoms with Crippen LogP contribution >= 0.6 is 15.9 Å². The molecule has 0 unspecified atom stereocenters. The van der Waals surface area contributed by atoms with Crippen LogP contribution in [-0.4, -0.2) is 19.7 Å². The summed E-state index contributed by atoms with van der Waals surface area (Å²) in [6.45, 7) is 3.77. The minimum atomic E-state index is -0.722. The first kappa shape index (κ1) is 18.9. The first-order valence-corrected chi connectivity index (χ1v) is 8.58. The highest BCUT2D eigenvalue weighted by molar-refractivity contribution is 9.10. The number of carbonyl (C=O) groups excluding carboxylic acids is 1. The Morgan fingerprint density at radius 3 is 2.72 bits per heavy atom. The van der Waals surface area contributed by atoms with Gasteiger partial charge in [0.1, 0.15) is 23.2 Å². The number of hydrogen-bond acceptors (Lipinski definition) is 6. The van der Waals surface area contributed by atoms with Gasteiger partial charge in [-0.3, -0.25) is 0 Å². The molecule has 1 aromatic rings. The van der Waals surface area contributed by atoms with Crippen molar-refractivity contribution >= 4 is 21.9 Å². The lowest BCUT2D eigenvalue weighted by atomic mass is 9.82. The molecule has 0 fully saturated rings. The zero-order chi connectivity index (χ0) is 18.6. The molecule has 0 saturated heterocycles. The molecule has 2 rings (SSSR count). The summed E-state index contributed by atoms with van der Waals surface area (Å²) in [5.74, 6) is -0.346. The summed E-state index contributed by atoms with van der Waals surface area (Å²) in [6, 6.07) is 7.43. The SMILES string of the molecule is CCOC(=O)C1=C(CC)OC(N)=C(C#N)[C@@H]1c1cc(Br)ccc1OC. The Bertz CT molecular complexity index is 793. The van der Waals surface area contributed by atoms with Crippen molar-refractivity contribution < 1.29 is 19.0 Å². The van der Waals surface area contributed by atoms with E-state index < -0.39 is 11.9 Å². The molecule has 1 aromatic carbocycles. The smallest absolute Gasteiger partial charge is 0.338 e. The highest BCUT2D eigenvalue weighted by atomic mass is 79.9. The van der Waals surface area contributed by atoms with Gasteiger partial charge in [-0.15, -0.1) is 0 Å². The molecule has 1 heterocycles. The molecular formula is C18H19BrN2O4. The van der Waals surface area contributed by atoms with E-state index in [-0.39, 0.29) is 23.6 Å². The van der Waals surface area contributed by atoms with E-state index in [0.29, 0.717) is 23.5 Å². The van der Waals surface area contributed by atoms with Gasteiger partial charge < -0.3 is 19.9 Å². The molecular weight excluding hydrogens is 388 g/mol. The zero-order valence-electron chi connectivity index (χ0n) is 14.3. The number of benzene rings is 1. The van der Waals surface area contributed by atoms with E-state index >= 15 is 0 Å². The maximum atomic E-state index is 12.6. The van der Waals surface area contributed by atoms with Crippen LogP contribution in [0.3, 0.4) is 0 Å². The van der Waals surface area contributed by atoms with Crippen LogP contribution in [0.2, 0.25) is 0 Å². The summed E-state index contributed by atoms with van der Waals surface area (Å²) in [7, 11) is 1.53. The highest BCUT2D eigenvalue weighted by Crippen LogP contribution is 2.44. The third-order valence-electron chi connectivity index (χ3n) is 3.82. The number of nitrogens with zero attached hydrogens (tertiary/aromatic N) is 1. The van der Waals surface area contributed by atoms with E-state index in [1.165, 1.54) is 7.11 Å². The van der Waals surface area contributed by atoms with E-state index in [2.05, 4.69) is 22.0 Å². The lowest BCUT2D eigenvalue weighted by Gasteiger charge is -2.28. The number of nitriles is 1. The Morgan fingerprint density at radius 2 is 2.16 bits per heavy atom. The Balaban J connectivity index is 2.76. The fourth-order valence-corrected chi connectivity index (χ4v) is 3.13. The second kappa shape index (κ2) is 8.08. The Labute approximate surface area is 155 Å². The predicted octanol–water partition coefficient (Wildman–Crippen LogP) is 3.49. The van der Waals surface area contributed by atoms with Gasteiger partial charge in [0, 0.05) is 16.5 Å². The highest BCUT2D eigenvalue weighted by Gasteiger charge is 2.38. The molecule has 2 N–H and O–H groups in total. The zero-order valence-corrected chi connectivity index (χ0v) is 15.8. The van der Waals surface area contributed by atoms with Crippen molar-refractivity contribution in [3.63, 3.8) is 0 Å². The largest absolute Gasteiger partial charge is 0.496 e. The van der Waals surface area contributed by atoms with Gasteiger partial charge in [-0.25, -0.2) is 4.79 Å². The molecule has 1 aliphatic heterocycles.